The summed E-state index contributed by atoms with van der Waals surface area (Å²) in [6.45, 7) is 0. The van der Waals surface area contributed by atoms with E-state index >= 15 is 0 Å². The van der Waals surface area contributed by atoms with Crippen LogP contribution >= 0.6 is 0 Å². The largest absolute Gasteiger partial charge is 0.341 e. The van der Waals surface area contributed by atoms with E-state index in [2.05, 4.69) is 10.6 Å². The van der Waals surface area contributed by atoms with Crippen molar-refractivity contribution in [2.24, 2.45) is 11.8 Å². The number of rotatable bonds is 4. The summed E-state index contributed by atoms with van der Waals surface area (Å²) in [7, 11) is 1.59. The van der Waals surface area contributed by atoms with Crippen molar-refractivity contribution in [3.05, 3.63) is 0 Å². The second-order valence-corrected chi connectivity index (χ2v) is 5.28. The molecule has 2 saturated carbocycles. The number of carbonyl (C=O) groups excluding carboxylic acids is 2. The SMILES string of the molecule is CNC(=O)NC(C(=O)C1CC1)C1CCCCC1. The standard InChI is InChI=1S/C13H22N2O2/c1-14-13(17)15-11(12(16)10-7-8-10)9-5-3-2-4-6-9/h9-11H,2-8H2,1H3,(H2,14,15,17). The van der Waals surface area contributed by atoms with Crippen LogP contribution in [0, 0.1) is 11.8 Å². The van der Waals surface area contributed by atoms with Gasteiger partial charge in [0.1, 0.15) is 0 Å². The molecule has 2 fully saturated rings. The summed E-state index contributed by atoms with van der Waals surface area (Å²) in [6.07, 6.45) is 7.82. The molecule has 0 saturated heterocycles. The molecule has 0 spiro atoms. The zero-order valence-electron chi connectivity index (χ0n) is 10.5. The summed E-state index contributed by atoms with van der Waals surface area (Å²) in [4.78, 5) is 23.7. The molecular formula is C13H22N2O2. The molecule has 2 amide bonds. The first kappa shape index (κ1) is 12.4. The first-order chi connectivity index (χ1) is 8.22. The predicted octanol–water partition coefficient (Wildman–Crippen LogP) is 1.84. The van der Waals surface area contributed by atoms with Crippen LogP contribution in [0.2, 0.25) is 0 Å². The summed E-state index contributed by atoms with van der Waals surface area (Å²) >= 11 is 0. The second kappa shape index (κ2) is 5.52. The van der Waals surface area contributed by atoms with Gasteiger partial charge in [-0.15, -0.1) is 0 Å². The molecule has 2 aliphatic rings. The molecule has 0 radical (unpaired) electrons. The lowest BCUT2D eigenvalue weighted by Crippen LogP contribution is -2.50. The molecule has 0 aromatic carbocycles. The van der Waals surface area contributed by atoms with Crippen molar-refractivity contribution in [3.63, 3.8) is 0 Å². The van der Waals surface area contributed by atoms with Crippen molar-refractivity contribution in [2.45, 2.75) is 51.0 Å². The van der Waals surface area contributed by atoms with Crippen LogP contribution in [0.15, 0.2) is 0 Å². The fraction of sp³-hybridized carbons (Fsp3) is 0.846. The molecule has 96 valence electrons. The first-order valence-corrected chi connectivity index (χ1v) is 6.74. The number of nitrogens with one attached hydrogen (secondary N) is 2. The second-order valence-electron chi connectivity index (χ2n) is 5.28. The number of Topliss-reactive ketones (excluding diaryl/α,β-unsaturated/α-hetero) is 1. The van der Waals surface area contributed by atoms with Crippen LogP contribution in [0.4, 0.5) is 4.79 Å². The molecule has 2 aliphatic carbocycles. The van der Waals surface area contributed by atoms with Crippen molar-refractivity contribution in [2.75, 3.05) is 7.05 Å². The Hall–Kier alpha value is -1.06. The molecule has 2 rings (SSSR count). The normalized spacial score (nSPS) is 22.9. The zero-order chi connectivity index (χ0) is 12.3. The van der Waals surface area contributed by atoms with Crippen molar-refractivity contribution >= 4 is 11.8 Å². The Morgan fingerprint density at radius 2 is 1.71 bits per heavy atom. The van der Waals surface area contributed by atoms with Gasteiger partial charge in [-0.2, -0.15) is 0 Å². The van der Waals surface area contributed by atoms with Gasteiger partial charge in [0.05, 0.1) is 6.04 Å². The minimum Gasteiger partial charge on any atom is -0.341 e. The summed E-state index contributed by atoms with van der Waals surface area (Å²) in [5, 5.41) is 5.40. The molecule has 0 bridgehead atoms. The Morgan fingerprint density at radius 3 is 2.24 bits per heavy atom. The lowest BCUT2D eigenvalue weighted by atomic mass is 9.81. The maximum atomic E-state index is 12.2. The monoisotopic (exact) mass is 238 g/mol. The quantitative estimate of drug-likeness (QED) is 0.785. The topological polar surface area (TPSA) is 58.2 Å². The van der Waals surface area contributed by atoms with Gasteiger partial charge in [0.2, 0.25) is 0 Å². The third-order valence-electron chi connectivity index (χ3n) is 3.92. The van der Waals surface area contributed by atoms with Gasteiger partial charge in [-0.1, -0.05) is 19.3 Å². The third kappa shape index (κ3) is 3.20. The molecule has 4 heteroatoms. The van der Waals surface area contributed by atoms with E-state index in [-0.39, 0.29) is 23.8 Å². The maximum absolute atomic E-state index is 12.2. The number of ketones is 1. The van der Waals surface area contributed by atoms with Gasteiger partial charge in [0, 0.05) is 13.0 Å². The molecule has 0 aliphatic heterocycles. The number of hydrogen-bond donors (Lipinski definition) is 2. The average Bonchev–Trinajstić information content (AvgIpc) is 3.20. The summed E-state index contributed by atoms with van der Waals surface area (Å²) in [6, 6.07) is -0.475. The Morgan fingerprint density at radius 1 is 1.06 bits per heavy atom. The van der Waals surface area contributed by atoms with Crippen LogP contribution < -0.4 is 10.6 Å². The molecule has 17 heavy (non-hydrogen) atoms. The Balaban J connectivity index is 1.99. The van der Waals surface area contributed by atoms with E-state index in [4.69, 9.17) is 0 Å². The van der Waals surface area contributed by atoms with E-state index in [1.54, 1.807) is 7.05 Å². The van der Waals surface area contributed by atoms with E-state index in [1.807, 2.05) is 0 Å². The van der Waals surface area contributed by atoms with E-state index < -0.39 is 0 Å². The highest BCUT2D eigenvalue weighted by atomic mass is 16.2. The van der Waals surface area contributed by atoms with Crippen molar-refractivity contribution in [1.29, 1.82) is 0 Å². The minimum absolute atomic E-state index is 0.221. The van der Waals surface area contributed by atoms with Gasteiger partial charge >= 0.3 is 6.03 Å². The molecule has 2 N–H and O–H groups in total. The van der Waals surface area contributed by atoms with E-state index in [0.29, 0.717) is 5.92 Å². The molecule has 0 heterocycles. The fourth-order valence-corrected chi connectivity index (χ4v) is 2.72. The molecule has 0 aromatic rings. The van der Waals surface area contributed by atoms with Crippen molar-refractivity contribution < 1.29 is 9.59 Å². The first-order valence-electron chi connectivity index (χ1n) is 6.74. The summed E-state index contributed by atoms with van der Waals surface area (Å²) < 4.78 is 0. The highest BCUT2D eigenvalue weighted by molar-refractivity contribution is 5.91. The third-order valence-corrected chi connectivity index (χ3v) is 3.92. The lowest BCUT2D eigenvalue weighted by Gasteiger charge is -2.29. The summed E-state index contributed by atoms with van der Waals surface area (Å²) in [5.41, 5.74) is 0. The highest BCUT2D eigenvalue weighted by Crippen LogP contribution is 2.35. The number of amides is 2. The molecular weight excluding hydrogens is 216 g/mol. The fourth-order valence-electron chi connectivity index (χ4n) is 2.72. The molecule has 1 atom stereocenters. The lowest BCUT2D eigenvalue weighted by molar-refractivity contribution is -0.123. The van der Waals surface area contributed by atoms with Gasteiger partial charge in [-0.05, 0) is 31.6 Å². The number of carbonyl (C=O) groups is 2. The van der Waals surface area contributed by atoms with Crippen LogP contribution in [0.3, 0.4) is 0 Å². The average molecular weight is 238 g/mol. The van der Waals surface area contributed by atoms with Gasteiger partial charge in [0.15, 0.2) is 5.78 Å². The van der Waals surface area contributed by atoms with E-state index in [9.17, 15) is 9.59 Å². The van der Waals surface area contributed by atoms with Gasteiger partial charge in [-0.3, -0.25) is 4.79 Å². The van der Waals surface area contributed by atoms with Crippen LogP contribution in [0.1, 0.15) is 44.9 Å². The minimum atomic E-state index is -0.247. The Labute approximate surface area is 103 Å². The molecule has 1 unspecified atom stereocenters. The van der Waals surface area contributed by atoms with Gasteiger partial charge < -0.3 is 10.6 Å². The van der Waals surface area contributed by atoms with Crippen LogP contribution in [0.5, 0.6) is 0 Å². The van der Waals surface area contributed by atoms with E-state index in [0.717, 1.165) is 25.7 Å². The van der Waals surface area contributed by atoms with Crippen LogP contribution in [-0.2, 0) is 4.79 Å². The smallest absolute Gasteiger partial charge is 0.315 e. The van der Waals surface area contributed by atoms with Gasteiger partial charge in [0.25, 0.3) is 0 Å². The molecule has 4 nitrogen and oxygen atoms in total. The highest BCUT2D eigenvalue weighted by Gasteiger charge is 2.39. The zero-order valence-corrected chi connectivity index (χ0v) is 10.5. The summed E-state index contributed by atoms with van der Waals surface area (Å²) in [5.74, 6) is 0.841. The van der Waals surface area contributed by atoms with Crippen molar-refractivity contribution in [1.82, 2.24) is 10.6 Å². The number of urea groups is 1. The Bertz CT molecular complexity index is 294. The van der Waals surface area contributed by atoms with Crippen molar-refractivity contribution in [3.8, 4) is 0 Å². The predicted molar refractivity (Wildman–Crippen MR) is 65.7 cm³/mol. The van der Waals surface area contributed by atoms with Crippen LogP contribution in [-0.4, -0.2) is 24.9 Å². The number of hydrogen-bond acceptors (Lipinski definition) is 2. The Kier molecular flexibility index (Phi) is 4.02. The maximum Gasteiger partial charge on any atom is 0.315 e. The van der Waals surface area contributed by atoms with E-state index in [1.165, 1.54) is 19.3 Å². The van der Waals surface area contributed by atoms with Gasteiger partial charge in [-0.25, -0.2) is 4.79 Å². The van der Waals surface area contributed by atoms with Crippen LogP contribution in [0.25, 0.3) is 0 Å². The molecule has 0 aromatic heterocycles.